The van der Waals surface area contributed by atoms with E-state index in [0.29, 0.717) is 28.6 Å². The molecule has 3 N–H and O–H groups in total. The van der Waals surface area contributed by atoms with Gasteiger partial charge in [0.2, 0.25) is 5.91 Å². The molecule has 3 aromatic rings. The first-order chi connectivity index (χ1) is 15.2. The molecule has 0 fully saturated rings. The monoisotopic (exact) mass is 503 g/mol. The maximum absolute atomic E-state index is 13.6. The molecule has 2 aromatic carbocycles. The van der Waals surface area contributed by atoms with Crippen LogP contribution in [0.25, 0.3) is 10.9 Å². The van der Waals surface area contributed by atoms with Gasteiger partial charge in [0.25, 0.3) is 0 Å². The van der Waals surface area contributed by atoms with Crippen LogP contribution in [0.1, 0.15) is 44.7 Å². The first kappa shape index (κ1) is 23.8. The van der Waals surface area contributed by atoms with E-state index in [4.69, 9.17) is 5.73 Å². The van der Waals surface area contributed by atoms with Gasteiger partial charge in [-0.05, 0) is 66.8 Å². The van der Waals surface area contributed by atoms with E-state index in [9.17, 15) is 14.1 Å². The number of benzene rings is 2. The van der Waals surface area contributed by atoms with Crippen molar-refractivity contribution in [2.75, 3.05) is 5.32 Å². The summed E-state index contributed by atoms with van der Waals surface area (Å²) in [7, 11) is 0. The lowest BCUT2D eigenvalue weighted by Crippen LogP contribution is -2.33. The van der Waals surface area contributed by atoms with Crippen LogP contribution < -0.4 is 16.0 Å². The van der Waals surface area contributed by atoms with E-state index in [0.717, 1.165) is 29.3 Å². The predicted molar refractivity (Wildman–Crippen MR) is 128 cm³/mol. The molecular weight excluding hydrogens is 477 g/mol. The third kappa shape index (κ3) is 5.12. The van der Waals surface area contributed by atoms with Gasteiger partial charge in [0, 0.05) is 31.7 Å². The Hall–Kier alpha value is -2.87. The maximum Gasteiger partial charge on any atom is 0.330 e. The number of unbranched alkanes of at least 4 members (excludes halogenated alkanes) is 1. The fourth-order valence-corrected chi connectivity index (χ4v) is 3.88. The summed E-state index contributed by atoms with van der Waals surface area (Å²) in [6.07, 6.45) is 4.58. The van der Waals surface area contributed by atoms with E-state index >= 15 is 0 Å². The van der Waals surface area contributed by atoms with Crippen LogP contribution in [-0.2, 0) is 17.6 Å². The third-order valence-electron chi connectivity index (χ3n) is 5.52. The minimum atomic E-state index is -0.850. The number of halogens is 2. The van der Waals surface area contributed by atoms with Gasteiger partial charge in [-0.2, -0.15) is 0 Å². The number of nitrogens with two attached hydrogens (primary N) is 1. The van der Waals surface area contributed by atoms with Gasteiger partial charge in [-0.15, -0.1) is 0 Å². The number of carbonyl (C=O) groups excluding carboxylic acids is 2. The Morgan fingerprint density at radius 3 is 2.50 bits per heavy atom. The molecule has 2 amide bonds. The van der Waals surface area contributed by atoms with Gasteiger partial charge in [0.1, 0.15) is 5.52 Å². The van der Waals surface area contributed by atoms with Gasteiger partial charge >= 0.3 is 6.03 Å². The smallest absolute Gasteiger partial charge is 0.330 e. The van der Waals surface area contributed by atoms with Crippen molar-refractivity contribution >= 4 is 44.5 Å². The number of fused-ring (bicyclic) bond motifs is 1. The summed E-state index contributed by atoms with van der Waals surface area (Å²) in [5, 5.41) is 3.47. The van der Waals surface area contributed by atoms with Gasteiger partial charge in [0.15, 0.2) is 5.75 Å². The number of aromatic nitrogens is 1. The van der Waals surface area contributed by atoms with Gasteiger partial charge in [0.05, 0.1) is 0 Å². The molecule has 0 radical (unpaired) electrons. The average molecular weight is 504 g/mol. The average Bonchev–Trinajstić information content (AvgIpc) is 3.11. The number of carbonyl (C=O) groups is 2. The number of nitrogens with zero attached hydrogens (tertiary/aromatic N) is 1. The van der Waals surface area contributed by atoms with Crippen molar-refractivity contribution in [2.45, 2.75) is 46.5 Å². The summed E-state index contributed by atoms with van der Waals surface area (Å²) in [4.78, 5) is 29.3. The molecule has 0 bridgehead atoms. The number of hydrogen-bond acceptors (Lipinski definition) is 3. The van der Waals surface area contributed by atoms with Crippen molar-refractivity contribution < 1.29 is 19.1 Å². The third-order valence-corrected chi connectivity index (χ3v) is 6.05. The number of amides is 2. The Bertz CT molecular complexity index is 1140. The highest BCUT2D eigenvalue weighted by molar-refractivity contribution is 9.10. The molecular formula is C24H27BrFN3O3. The van der Waals surface area contributed by atoms with Crippen LogP contribution in [0, 0.1) is 5.41 Å². The van der Waals surface area contributed by atoms with Gasteiger partial charge in [-0.1, -0.05) is 43.1 Å². The highest BCUT2D eigenvalue weighted by Gasteiger charge is 2.29. The molecule has 1 heterocycles. The predicted octanol–water partition coefficient (Wildman–Crippen LogP) is 6.14. The molecule has 170 valence electrons. The van der Waals surface area contributed by atoms with Crippen molar-refractivity contribution in [3.63, 3.8) is 0 Å². The normalized spacial score (nSPS) is 11.5. The number of hydrogen-bond donors (Lipinski definition) is 2. The Kier molecular flexibility index (Phi) is 7.23. The number of rotatable bonds is 8. The number of anilines is 1. The fourth-order valence-electron chi connectivity index (χ4n) is 3.61. The first-order valence-electron chi connectivity index (χ1n) is 10.5. The molecule has 0 spiro atoms. The van der Waals surface area contributed by atoms with Crippen molar-refractivity contribution in [1.29, 1.82) is 0 Å². The largest absolute Gasteiger partial charge is 0.369 e. The van der Waals surface area contributed by atoms with E-state index in [1.54, 1.807) is 50.4 Å². The van der Waals surface area contributed by atoms with Crippen LogP contribution in [0.4, 0.5) is 15.0 Å². The van der Waals surface area contributed by atoms with Crippen LogP contribution in [-0.4, -0.2) is 16.5 Å². The van der Waals surface area contributed by atoms with E-state index in [1.807, 2.05) is 6.07 Å². The second-order valence-corrected chi connectivity index (χ2v) is 9.47. The molecule has 6 nitrogen and oxygen atoms in total. The number of aryl methyl sites for hydroxylation is 1. The first-order valence-corrected chi connectivity index (χ1v) is 11.3. The van der Waals surface area contributed by atoms with Crippen molar-refractivity contribution in [2.24, 2.45) is 11.1 Å². The summed E-state index contributed by atoms with van der Waals surface area (Å²) in [5.41, 5.74) is 7.23. The Balaban J connectivity index is 2.13. The quantitative estimate of drug-likeness (QED) is 0.386. The lowest BCUT2D eigenvalue weighted by atomic mass is 9.85. The van der Waals surface area contributed by atoms with Crippen molar-refractivity contribution in [3.05, 3.63) is 58.2 Å². The van der Waals surface area contributed by atoms with E-state index in [1.165, 1.54) is 4.57 Å². The Labute approximate surface area is 194 Å². The van der Waals surface area contributed by atoms with Crippen LogP contribution in [0.3, 0.4) is 0 Å². The number of primary amides is 1. The van der Waals surface area contributed by atoms with E-state index in [-0.39, 0.29) is 5.75 Å². The summed E-state index contributed by atoms with van der Waals surface area (Å²) in [6, 6.07) is 10.2. The van der Waals surface area contributed by atoms with E-state index < -0.39 is 17.4 Å². The zero-order chi connectivity index (χ0) is 23.5. The molecule has 0 saturated carbocycles. The van der Waals surface area contributed by atoms with Crippen LogP contribution in [0.5, 0.6) is 5.75 Å². The molecule has 0 unspecified atom stereocenters. The molecule has 3 rings (SSSR count). The molecule has 0 aliphatic rings. The second kappa shape index (κ2) is 9.73. The zero-order valence-corrected chi connectivity index (χ0v) is 20.0. The second-order valence-electron chi connectivity index (χ2n) is 8.56. The summed E-state index contributed by atoms with van der Waals surface area (Å²) >= 11 is 3.36. The minimum Gasteiger partial charge on any atom is -0.369 e. The van der Waals surface area contributed by atoms with Crippen LogP contribution in [0.15, 0.2) is 47.1 Å². The summed E-state index contributed by atoms with van der Waals surface area (Å²) < 4.78 is 15.8. The Morgan fingerprint density at radius 1 is 1.22 bits per heavy atom. The zero-order valence-electron chi connectivity index (χ0n) is 18.4. The summed E-state index contributed by atoms with van der Waals surface area (Å²) in [6.45, 7) is 5.57. The van der Waals surface area contributed by atoms with Gasteiger partial charge < -0.3 is 11.1 Å². The van der Waals surface area contributed by atoms with Crippen molar-refractivity contribution in [3.8, 4) is 5.75 Å². The summed E-state index contributed by atoms with van der Waals surface area (Å²) in [5.74, 6) is -0.496. The van der Waals surface area contributed by atoms with Crippen LogP contribution in [0.2, 0.25) is 0 Å². The molecule has 1 aromatic heterocycles. The van der Waals surface area contributed by atoms with E-state index in [2.05, 4.69) is 33.1 Å². The lowest BCUT2D eigenvalue weighted by molar-refractivity contribution is -0.125. The molecule has 8 heteroatoms. The molecule has 32 heavy (non-hydrogen) atoms. The fraction of sp³-hybridized carbons (Fsp3) is 0.333. The molecule has 0 aliphatic heterocycles. The van der Waals surface area contributed by atoms with Gasteiger partial charge in [-0.3, -0.25) is 14.3 Å². The molecule has 0 atom stereocenters. The standard InChI is InChI=1S/C24H27BrFN3O3/c1-4-5-6-15-11-19-16(13-24(2,3)22(27)30)14-29(21(19)20(12-15)32-26)23(31)28-18-9-7-17(25)8-10-18/h7-12,14H,4-6,13H2,1-3H3,(H2,27,30)(H,28,31). The molecule has 0 saturated heterocycles. The van der Waals surface area contributed by atoms with Crippen LogP contribution >= 0.6 is 15.9 Å². The Morgan fingerprint density at radius 2 is 1.91 bits per heavy atom. The number of nitrogens with one attached hydrogen (secondary N) is 1. The molecule has 0 aliphatic carbocycles. The highest BCUT2D eigenvalue weighted by Crippen LogP contribution is 2.36. The highest BCUT2D eigenvalue weighted by atomic mass is 79.9. The lowest BCUT2D eigenvalue weighted by Gasteiger charge is -2.19. The van der Waals surface area contributed by atoms with Gasteiger partial charge in [-0.25, -0.2) is 4.79 Å². The van der Waals surface area contributed by atoms with Crippen molar-refractivity contribution in [1.82, 2.24) is 4.57 Å². The maximum atomic E-state index is 13.6. The minimum absolute atomic E-state index is 0.0392. The SMILES string of the molecule is CCCCc1cc(OF)c2c(c1)c(CC(C)(C)C(N)=O)cn2C(=O)Nc1ccc(Br)cc1. The topological polar surface area (TPSA) is 86.3 Å².